The van der Waals surface area contributed by atoms with Crippen molar-refractivity contribution in [2.75, 3.05) is 25.0 Å². The van der Waals surface area contributed by atoms with Crippen LogP contribution in [0.15, 0.2) is 6.20 Å². The summed E-state index contributed by atoms with van der Waals surface area (Å²) in [5.41, 5.74) is -0.308. The lowest BCUT2D eigenvalue weighted by Gasteiger charge is -2.30. The standard InChI is InChI=1S/C19H22ClF2N5O/c1-18(4-5-18)26-16-12-8-23-15(20)13(22)14(12)24-17(25-16)28-10-19-3-2-6-27(19)9-11(21)7-19/h8,11H,2-7,9-10H2,1H3,(H,24,25,26)/t11-,19+/m1/s1. The number of pyridine rings is 1. The van der Waals surface area contributed by atoms with E-state index in [1.165, 1.54) is 6.20 Å². The lowest BCUT2D eigenvalue weighted by molar-refractivity contribution is 0.107. The van der Waals surface area contributed by atoms with Crippen LogP contribution in [0.1, 0.15) is 39.0 Å². The Balaban J connectivity index is 1.48. The first kappa shape index (κ1) is 18.2. The SMILES string of the molecule is CC1(Nc2nc(OC[C@@]34CCCN3C[C@H](F)C4)nc3c(F)c(Cl)ncc23)CC1. The van der Waals surface area contributed by atoms with Crippen molar-refractivity contribution in [2.24, 2.45) is 0 Å². The second-order valence-corrected chi connectivity index (χ2v) is 8.89. The lowest BCUT2D eigenvalue weighted by atomic mass is 9.95. The van der Waals surface area contributed by atoms with E-state index in [2.05, 4.69) is 32.1 Å². The third-order valence-corrected chi connectivity index (χ3v) is 6.54. The molecule has 2 saturated heterocycles. The van der Waals surface area contributed by atoms with Gasteiger partial charge in [-0.1, -0.05) is 11.6 Å². The molecule has 1 N–H and O–H groups in total. The van der Waals surface area contributed by atoms with Crippen LogP contribution < -0.4 is 10.1 Å². The molecule has 0 spiro atoms. The quantitative estimate of drug-likeness (QED) is 0.759. The zero-order valence-electron chi connectivity index (χ0n) is 15.6. The first-order valence-electron chi connectivity index (χ1n) is 9.69. The summed E-state index contributed by atoms with van der Waals surface area (Å²) in [4.78, 5) is 14.8. The van der Waals surface area contributed by atoms with Gasteiger partial charge in [-0.3, -0.25) is 4.90 Å². The smallest absolute Gasteiger partial charge is 0.319 e. The van der Waals surface area contributed by atoms with Gasteiger partial charge in [0.1, 0.15) is 24.1 Å². The van der Waals surface area contributed by atoms with Gasteiger partial charge in [0.05, 0.1) is 10.9 Å². The number of rotatable bonds is 5. The van der Waals surface area contributed by atoms with Crippen molar-refractivity contribution in [1.82, 2.24) is 19.9 Å². The van der Waals surface area contributed by atoms with Crippen LogP contribution in [0.4, 0.5) is 14.6 Å². The Kier molecular flexibility index (Phi) is 4.14. The van der Waals surface area contributed by atoms with Gasteiger partial charge in [0, 0.05) is 24.7 Å². The van der Waals surface area contributed by atoms with E-state index in [4.69, 9.17) is 16.3 Å². The van der Waals surface area contributed by atoms with E-state index in [-0.39, 0.29) is 34.4 Å². The third kappa shape index (κ3) is 3.06. The minimum atomic E-state index is -0.837. The molecular formula is C19H22ClF2N5O. The summed E-state index contributed by atoms with van der Waals surface area (Å²) in [6.07, 6.45) is 5.01. The molecule has 0 bridgehead atoms. The van der Waals surface area contributed by atoms with Crippen molar-refractivity contribution in [3.63, 3.8) is 0 Å². The Morgan fingerprint density at radius 3 is 2.96 bits per heavy atom. The Morgan fingerprint density at radius 1 is 1.36 bits per heavy atom. The van der Waals surface area contributed by atoms with Crippen LogP contribution in [0.2, 0.25) is 5.15 Å². The van der Waals surface area contributed by atoms with Crippen LogP contribution >= 0.6 is 11.6 Å². The second kappa shape index (κ2) is 6.35. The highest BCUT2D eigenvalue weighted by Gasteiger charge is 2.49. The molecule has 1 saturated carbocycles. The van der Waals surface area contributed by atoms with Crippen molar-refractivity contribution < 1.29 is 13.5 Å². The fourth-order valence-corrected chi connectivity index (χ4v) is 4.56. The number of nitrogens with one attached hydrogen (secondary N) is 1. The Bertz CT molecular complexity index is 940. The minimum absolute atomic E-state index is 0.0670. The fourth-order valence-electron chi connectivity index (χ4n) is 4.42. The monoisotopic (exact) mass is 409 g/mol. The molecule has 28 heavy (non-hydrogen) atoms. The van der Waals surface area contributed by atoms with E-state index < -0.39 is 12.0 Å². The molecule has 0 aromatic carbocycles. The molecule has 0 amide bonds. The average Bonchev–Trinajstić information content (AvgIpc) is 3.11. The van der Waals surface area contributed by atoms with Gasteiger partial charge in [0.15, 0.2) is 11.0 Å². The van der Waals surface area contributed by atoms with E-state index in [9.17, 15) is 8.78 Å². The maximum atomic E-state index is 14.6. The molecule has 2 aliphatic heterocycles. The Hall–Kier alpha value is -1.80. The number of alkyl halides is 1. The second-order valence-electron chi connectivity index (χ2n) is 8.53. The van der Waals surface area contributed by atoms with Gasteiger partial charge in [0.2, 0.25) is 0 Å². The predicted molar refractivity (Wildman–Crippen MR) is 102 cm³/mol. The van der Waals surface area contributed by atoms with Gasteiger partial charge < -0.3 is 10.1 Å². The normalized spacial score (nSPS) is 28.5. The Labute approximate surface area is 166 Å². The molecule has 1 aliphatic carbocycles. The van der Waals surface area contributed by atoms with Gasteiger partial charge >= 0.3 is 6.01 Å². The summed E-state index contributed by atoms with van der Waals surface area (Å²) in [6.45, 7) is 3.69. The number of fused-ring (bicyclic) bond motifs is 2. The number of hydrogen-bond donors (Lipinski definition) is 1. The average molecular weight is 410 g/mol. The lowest BCUT2D eigenvalue weighted by Crippen LogP contribution is -2.43. The van der Waals surface area contributed by atoms with Crippen molar-refractivity contribution in [3.05, 3.63) is 17.2 Å². The van der Waals surface area contributed by atoms with Gasteiger partial charge in [-0.2, -0.15) is 9.97 Å². The van der Waals surface area contributed by atoms with Crippen molar-refractivity contribution in [2.45, 2.75) is 56.3 Å². The summed E-state index contributed by atoms with van der Waals surface area (Å²) < 4.78 is 34.5. The highest BCUT2D eigenvalue weighted by atomic mass is 35.5. The first-order chi connectivity index (χ1) is 13.4. The van der Waals surface area contributed by atoms with Crippen molar-refractivity contribution in [3.8, 4) is 6.01 Å². The molecule has 2 atom stereocenters. The highest BCUT2D eigenvalue weighted by Crippen LogP contribution is 2.41. The zero-order valence-corrected chi connectivity index (χ0v) is 16.4. The number of hydrogen-bond acceptors (Lipinski definition) is 6. The molecule has 3 aliphatic rings. The van der Waals surface area contributed by atoms with Crippen LogP contribution in [-0.2, 0) is 0 Å². The molecule has 6 nitrogen and oxygen atoms in total. The topological polar surface area (TPSA) is 63.2 Å². The fraction of sp³-hybridized carbons (Fsp3) is 0.632. The van der Waals surface area contributed by atoms with Gasteiger partial charge in [-0.05, 0) is 39.2 Å². The Morgan fingerprint density at radius 2 is 2.18 bits per heavy atom. The van der Waals surface area contributed by atoms with Crippen LogP contribution in [0.3, 0.4) is 0 Å². The summed E-state index contributed by atoms with van der Waals surface area (Å²) in [7, 11) is 0. The molecule has 0 unspecified atom stereocenters. The van der Waals surface area contributed by atoms with Crippen LogP contribution in [0, 0.1) is 5.82 Å². The summed E-state index contributed by atoms with van der Waals surface area (Å²) in [5.74, 6) is -0.209. The molecular weight excluding hydrogens is 388 g/mol. The molecule has 9 heteroatoms. The van der Waals surface area contributed by atoms with E-state index in [1.807, 2.05) is 0 Å². The summed E-state index contributed by atoms with van der Waals surface area (Å²) in [6, 6.07) is 0.0731. The van der Waals surface area contributed by atoms with Gasteiger partial charge in [0.25, 0.3) is 0 Å². The third-order valence-electron chi connectivity index (χ3n) is 6.27. The zero-order chi connectivity index (χ0) is 19.5. The minimum Gasteiger partial charge on any atom is -0.461 e. The van der Waals surface area contributed by atoms with Crippen LogP contribution in [-0.4, -0.2) is 56.8 Å². The first-order valence-corrected chi connectivity index (χ1v) is 10.1. The van der Waals surface area contributed by atoms with Gasteiger partial charge in [-0.25, -0.2) is 13.8 Å². The molecule has 3 fully saturated rings. The molecule has 150 valence electrons. The van der Waals surface area contributed by atoms with E-state index >= 15 is 0 Å². The van der Waals surface area contributed by atoms with E-state index in [0.717, 1.165) is 32.2 Å². The highest BCUT2D eigenvalue weighted by molar-refractivity contribution is 6.30. The molecule has 0 radical (unpaired) electrons. The summed E-state index contributed by atoms with van der Waals surface area (Å²) in [5, 5.41) is 3.58. The molecule has 2 aromatic heterocycles. The predicted octanol–water partition coefficient (Wildman–Crippen LogP) is 3.74. The number of halogens is 3. The number of ether oxygens (including phenoxy) is 1. The van der Waals surface area contributed by atoms with E-state index in [1.54, 1.807) is 0 Å². The largest absolute Gasteiger partial charge is 0.461 e. The van der Waals surface area contributed by atoms with Crippen molar-refractivity contribution >= 4 is 28.3 Å². The summed E-state index contributed by atoms with van der Waals surface area (Å²) >= 11 is 5.85. The number of nitrogens with zero attached hydrogens (tertiary/aromatic N) is 4. The number of anilines is 1. The van der Waals surface area contributed by atoms with Gasteiger partial charge in [-0.15, -0.1) is 0 Å². The van der Waals surface area contributed by atoms with Crippen molar-refractivity contribution in [1.29, 1.82) is 0 Å². The van der Waals surface area contributed by atoms with E-state index in [0.29, 0.717) is 24.2 Å². The molecule has 5 rings (SSSR count). The number of aromatic nitrogens is 3. The van der Waals surface area contributed by atoms with Crippen LogP contribution in [0.25, 0.3) is 10.9 Å². The van der Waals surface area contributed by atoms with Crippen LogP contribution in [0.5, 0.6) is 6.01 Å². The maximum Gasteiger partial charge on any atom is 0.319 e. The molecule has 4 heterocycles. The maximum absolute atomic E-state index is 14.6. The molecule has 2 aromatic rings.